The van der Waals surface area contributed by atoms with Gasteiger partial charge in [-0.15, -0.1) is 11.6 Å². The molecule has 1 aliphatic heterocycles. The van der Waals surface area contributed by atoms with Crippen LogP contribution in [0.15, 0.2) is 18.3 Å². The van der Waals surface area contributed by atoms with E-state index in [-0.39, 0.29) is 11.5 Å². The van der Waals surface area contributed by atoms with E-state index in [1.165, 1.54) is 0 Å². The molecule has 0 bridgehead atoms. The van der Waals surface area contributed by atoms with E-state index in [1.54, 1.807) is 6.20 Å². The van der Waals surface area contributed by atoms with Crippen molar-refractivity contribution >= 4 is 17.4 Å². The lowest BCUT2D eigenvalue weighted by Gasteiger charge is -2.21. The summed E-state index contributed by atoms with van der Waals surface area (Å²) in [5.41, 5.74) is 0. The molecule has 2 heterocycles. The molecular weight excluding hydrogens is 224 g/mol. The average molecular weight is 241 g/mol. The third-order valence-electron chi connectivity index (χ3n) is 2.54. The third kappa shape index (κ3) is 2.59. The predicted molar refractivity (Wildman–Crippen MR) is 66.5 cm³/mol. The van der Waals surface area contributed by atoms with E-state index in [9.17, 15) is 0 Å². The zero-order chi connectivity index (χ0) is 11.5. The van der Waals surface area contributed by atoms with Gasteiger partial charge in [0.1, 0.15) is 0 Å². The number of pyridine rings is 1. The van der Waals surface area contributed by atoms with Gasteiger partial charge in [0, 0.05) is 19.3 Å². The van der Waals surface area contributed by atoms with Crippen LogP contribution in [0.25, 0.3) is 0 Å². The number of alkyl halides is 1. The quantitative estimate of drug-likeness (QED) is 0.760. The maximum absolute atomic E-state index is 6.10. The fraction of sp³-hybridized carbons (Fsp3) is 0.583. The van der Waals surface area contributed by atoms with E-state index in [2.05, 4.69) is 9.88 Å². The van der Waals surface area contributed by atoms with Gasteiger partial charge in [-0.3, -0.25) is 0 Å². The first kappa shape index (κ1) is 11.5. The maximum atomic E-state index is 6.10. The number of halogens is 1. The summed E-state index contributed by atoms with van der Waals surface area (Å²) in [5, 5.41) is 0.230. The van der Waals surface area contributed by atoms with E-state index in [0.29, 0.717) is 0 Å². The maximum Gasteiger partial charge on any atom is 0.171 e. The van der Waals surface area contributed by atoms with Crippen molar-refractivity contribution in [1.82, 2.24) is 4.98 Å². The Morgan fingerprint density at radius 1 is 1.56 bits per heavy atom. The number of ether oxygens (including phenoxy) is 1. The van der Waals surface area contributed by atoms with E-state index >= 15 is 0 Å². The zero-order valence-electron chi connectivity index (χ0n) is 9.69. The molecule has 0 saturated carbocycles. The number of nitrogens with zero attached hydrogens (tertiary/aromatic N) is 2. The Hall–Kier alpha value is -0.960. The van der Waals surface area contributed by atoms with Gasteiger partial charge in [-0.25, -0.2) is 4.98 Å². The third-order valence-corrected chi connectivity index (χ3v) is 2.90. The number of hydrogen-bond acceptors (Lipinski definition) is 3. The molecule has 1 atom stereocenters. The minimum absolute atomic E-state index is 0.164. The van der Waals surface area contributed by atoms with Crippen LogP contribution >= 0.6 is 11.6 Å². The Kier molecular flexibility index (Phi) is 3.54. The van der Waals surface area contributed by atoms with Crippen molar-refractivity contribution in [2.75, 3.05) is 18.0 Å². The van der Waals surface area contributed by atoms with Crippen LogP contribution in [0.3, 0.4) is 0 Å². The van der Waals surface area contributed by atoms with Crippen LogP contribution in [0.4, 0.5) is 5.82 Å². The lowest BCUT2D eigenvalue weighted by Crippen LogP contribution is -2.22. The summed E-state index contributed by atoms with van der Waals surface area (Å²) in [4.78, 5) is 6.58. The molecule has 4 heteroatoms. The second-order valence-electron chi connectivity index (χ2n) is 4.32. The number of anilines is 1. The van der Waals surface area contributed by atoms with Crippen molar-refractivity contribution in [2.24, 2.45) is 0 Å². The minimum atomic E-state index is 0.164. The second-order valence-corrected chi connectivity index (χ2v) is 4.94. The molecule has 1 saturated heterocycles. The smallest absolute Gasteiger partial charge is 0.171 e. The molecule has 2 rings (SSSR count). The molecule has 0 aromatic carbocycles. The Labute approximate surface area is 101 Å². The number of rotatable bonds is 3. The largest absolute Gasteiger partial charge is 0.487 e. The van der Waals surface area contributed by atoms with Gasteiger partial charge in [-0.05, 0) is 32.4 Å². The molecule has 1 aromatic rings. The van der Waals surface area contributed by atoms with Gasteiger partial charge in [-0.1, -0.05) is 0 Å². The highest BCUT2D eigenvalue weighted by Crippen LogP contribution is 2.30. The fourth-order valence-corrected chi connectivity index (χ4v) is 2.14. The van der Waals surface area contributed by atoms with E-state index in [0.717, 1.165) is 31.1 Å². The van der Waals surface area contributed by atoms with Gasteiger partial charge in [0.25, 0.3) is 0 Å². The van der Waals surface area contributed by atoms with Crippen molar-refractivity contribution in [3.8, 4) is 5.75 Å². The number of hydrogen-bond donors (Lipinski definition) is 0. The topological polar surface area (TPSA) is 25.4 Å². The summed E-state index contributed by atoms with van der Waals surface area (Å²) in [5.74, 6) is 1.77. The first-order valence-corrected chi connectivity index (χ1v) is 6.11. The second kappa shape index (κ2) is 4.91. The van der Waals surface area contributed by atoms with Crippen LogP contribution in [0, 0.1) is 0 Å². The lowest BCUT2D eigenvalue weighted by molar-refractivity contribution is 0.242. The van der Waals surface area contributed by atoms with E-state index in [1.807, 2.05) is 26.0 Å². The van der Waals surface area contributed by atoms with Gasteiger partial charge in [0.2, 0.25) is 0 Å². The molecule has 16 heavy (non-hydrogen) atoms. The molecule has 88 valence electrons. The van der Waals surface area contributed by atoms with Crippen molar-refractivity contribution in [3.63, 3.8) is 0 Å². The normalized spacial score (nSPS) is 20.5. The van der Waals surface area contributed by atoms with Crippen LogP contribution in [-0.2, 0) is 0 Å². The van der Waals surface area contributed by atoms with Gasteiger partial charge in [0.05, 0.1) is 11.5 Å². The standard InChI is InChI=1S/C12H17ClN2O/c1-9(2)16-11-4-3-6-14-12(11)15-7-5-10(13)8-15/h3-4,6,9-10H,5,7-8H2,1-2H3. The molecule has 3 nitrogen and oxygen atoms in total. The molecule has 1 unspecified atom stereocenters. The summed E-state index contributed by atoms with van der Waals surface area (Å²) in [7, 11) is 0. The van der Waals surface area contributed by atoms with Crippen molar-refractivity contribution in [1.29, 1.82) is 0 Å². The van der Waals surface area contributed by atoms with Gasteiger partial charge in [-0.2, -0.15) is 0 Å². The van der Waals surface area contributed by atoms with Crippen LogP contribution in [-0.4, -0.2) is 29.6 Å². The Balaban J connectivity index is 2.19. The molecule has 0 radical (unpaired) electrons. The molecule has 0 N–H and O–H groups in total. The van der Waals surface area contributed by atoms with Crippen LogP contribution in [0.5, 0.6) is 5.75 Å². The Morgan fingerprint density at radius 3 is 3.00 bits per heavy atom. The summed E-state index contributed by atoms with van der Waals surface area (Å²) in [6.45, 7) is 5.85. The van der Waals surface area contributed by atoms with Crippen LogP contribution in [0.1, 0.15) is 20.3 Å². The van der Waals surface area contributed by atoms with Gasteiger partial charge < -0.3 is 9.64 Å². The van der Waals surface area contributed by atoms with E-state index in [4.69, 9.17) is 16.3 Å². The summed E-state index contributed by atoms with van der Waals surface area (Å²) in [6, 6.07) is 3.86. The lowest BCUT2D eigenvalue weighted by atomic mass is 10.3. The molecule has 1 aliphatic rings. The summed E-state index contributed by atoms with van der Waals surface area (Å²) >= 11 is 6.10. The van der Waals surface area contributed by atoms with Crippen LogP contribution in [0.2, 0.25) is 0 Å². The molecule has 1 aromatic heterocycles. The van der Waals surface area contributed by atoms with E-state index < -0.39 is 0 Å². The Bertz CT molecular complexity index is 357. The van der Waals surface area contributed by atoms with Crippen molar-refractivity contribution < 1.29 is 4.74 Å². The summed E-state index contributed by atoms with van der Waals surface area (Å²) in [6.07, 6.45) is 2.97. The highest BCUT2D eigenvalue weighted by molar-refractivity contribution is 6.21. The average Bonchev–Trinajstić information content (AvgIpc) is 2.65. The van der Waals surface area contributed by atoms with Crippen molar-refractivity contribution in [2.45, 2.75) is 31.7 Å². The SMILES string of the molecule is CC(C)Oc1cccnc1N1CCC(Cl)C1. The Morgan fingerprint density at radius 2 is 2.38 bits per heavy atom. The van der Waals surface area contributed by atoms with Crippen LogP contribution < -0.4 is 9.64 Å². The number of aromatic nitrogens is 1. The molecular formula is C12H17ClN2O. The van der Waals surface area contributed by atoms with Gasteiger partial charge in [0.15, 0.2) is 11.6 Å². The van der Waals surface area contributed by atoms with Crippen molar-refractivity contribution in [3.05, 3.63) is 18.3 Å². The first-order valence-electron chi connectivity index (χ1n) is 5.67. The molecule has 0 spiro atoms. The highest BCUT2D eigenvalue weighted by Gasteiger charge is 2.24. The molecule has 0 amide bonds. The monoisotopic (exact) mass is 240 g/mol. The highest BCUT2D eigenvalue weighted by atomic mass is 35.5. The first-order chi connectivity index (χ1) is 7.66. The predicted octanol–water partition coefficient (Wildman–Crippen LogP) is 2.69. The zero-order valence-corrected chi connectivity index (χ0v) is 10.4. The van der Waals surface area contributed by atoms with Gasteiger partial charge >= 0.3 is 0 Å². The molecule has 0 aliphatic carbocycles. The molecule has 1 fully saturated rings. The minimum Gasteiger partial charge on any atom is -0.487 e. The summed E-state index contributed by atoms with van der Waals surface area (Å²) < 4.78 is 5.75. The fourth-order valence-electron chi connectivity index (χ4n) is 1.88.